The van der Waals surface area contributed by atoms with Crippen molar-refractivity contribution in [3.05, 3.63) is 78.5 Å². The maximum atomic E-state index is 13.2. The van der Waals surface area contributed by atoms with Gasteiger partial charge in [0, 0.05) is 49.8 Å². The van der Waals surface area contributed by atoms with E-state index >= 15 is 0 Å². The van der Waals surface area contributed by atoms with Crippen LogP contribution in [0, 0.1) is 0 Å². The molecule has 1 amide bonds. The molecule has 182 valence electrons. The first kappa shape index (κ1) is 23.5. The minimum Gasteiger partial charge on any atom is -0.361 e. The number of sulfonamides is 1. The highest BCUT2D eigenvalue weighted by molar-refractivity contribution is 7.89. The average Bonchev–Trinajstić information content (AvgIpc) is 3.31. The van der Waals surface area contributed by atoms with Crippen LogP contribution in [0.3, 0.4) is 0 Å². The number of fused-ring (bicyclic) bond motifs is 2. The number of rotatable bonds is 7. The number of carbonyl (C=O) groups is 1. The number of aromatic amines is 1. The van der Waals surface area contributed by atoms with Crippen molar-refractivity contribution in [3.63, 3.8) is 0 Å². The summed E-state index contributed by atoms with van der Waals surface area (Å²) in [5.74, 6) is -0.0318. The van der Waals surface area contributed by atoms with E-state index in [2.05, 4.69) is 16.4 Å². The van der Waals surface area contributed by atoms with Gasteiger partial charge in [-0.3, -0.25) is 9.69 Å². The van der Waals surface area contributed by atoms with E-state index < -0.39 is 10.0 Å². The number of H-pyrrole nitrogens is 1. The molecule has 2 N–H and O–H groups in total. The van der Waals surface area contributed by atoms with E-state index in [1.807, 2.05) is 66.6 Å². The van der Waals surface area contributed by atoms with E-state index in [-0.39, 0.29) is 11.9 Å². The zero-order valence-electron chi connectivity index (χ0n) is 19.8. The molecule has 5 rings (SSSR count). The van der Waals surface area contributed by atoms with Crippen molar-refractivity contribution in [2.24, 2.45) is 0 Å². The van der Waals surface area contributed by atoms with Crippen LogP contribution in [0.15, 0.2) is 77.8 Å². The monoisotopic (exact) mass is 490 g/mol. The molecule has 3 aromatic carbocycles. The van der Waals surface area contributed by atoms with E-state index in [1.54, 1.807) is 12.1 Å². The van der Waals surface area contributed by atoms with E-state index in [1.165, 1.54) is 15.3 Å². The summed E-state index contributed by atoms with van der Waals surface area (Å²) in [7, 11) is -3.58. The second-order valence-corrected chi connectivity index (χ2v) is 11.0. The molecule has 7 nitrogen and oxygen atoms in total. The van der Waals surface area contributed by atoms with E-state index in [4.69, 9.17) is 0 Å². The summed E-state index contributed by atoms with van der Waals surface area (Å²) in [5.41, 5.74) is 2.28. The van der Waals surface area contributed by atoms with Gasteiger partial charge in [-0.1, -0.05) is 48.5 Å². The number of piperazine rings is 1. The van der Waals surface area contributed by atoms with Gasteiger partial charge in [-0.05, 0) is 47.9 Å². The molecule has 0 radical (unpaired) electrons. The zero-order chi connectivity index (χ0) is 24.4. The van der Waals surface area contributed by atoms with Crippen LogP contribution in [0.1, 0.15) is 12.5 Å². The smallest absolute Gasteiger partial charge is 0.243 e. The lowest BCUT2D eigenvalue weighted by Gasteiger charge is -2.36. The van der Waals surface area contributed by atoms with Gasteiger partial charge < -0.3 is 10.3 Å². The highest BCUT2D eigenvalue weighted by Crippen LogP contribution is 2.23. The van der Waals surface area contributed by atoms with Gasteiger partial charge in [-0.25, -0.2) is 8.42 Å². The number of amides is 1. The number of carbonyl (C=O) groups excluding carboxylic acids is 1. The Morgan fingerprint density at radius 1 is 0.971 bits per heavy atom. The summed E-state index contributed by atoms with van der Waals surface area (Å²) in [4.78, 5) is 18.4. The standard InChI is InChI=1S/C27H30N4O3S/c1-20(27(32)28-13-12-23-19-29-26-9-5-4-8-25(23)26)30-14-16-31(17-15-30)35(33,34)24-11-10-21-6-2-3-7-22(21)18-24/h2-11,18-20,29H,12-17H2,1H3,(H,28,32). The molecule has 0 bridgehead atoms. The topological polar surface area (TPSA) is 85.5 Å². The molecular weight excluding hydrogens is 460 g/mol. The Balaban J connectivity index is 1.15. The zero-order valence-corrected chi connectivity index (χ0v) is 20.6. The van der Waals surface area contributed by atoms with Gasteiger partial charge in [0.25, 0.3) is 0 Å². The van der Waals surface area contributed by atoms with Crippen LogP contribution in [-0.4, -0.2) is 67.3 Å². The van der Waals surface area contributed by atoms with Gasteiger partial charge >= 0.3 is 0 Å². The van der Waals surface area contributed by atoms with Crippen molar-refractivity contribution in [3.8, 4) is 0 Å². The molecule has 2 heterocycles. The van der Waals surface area contributed by atoms with Gasteiger partial charge in [0.05, 0.1) is 10.9 Å². The van der Waals surface area contributed by atoms with Gasteiger partial charge in [0.15, 0.2) is 0 Å². The Labute approximate surface area is 205 Å². The number of nitrogens with zero attached hydrogens (tertiary/aromatic N) is 2. The largest absolute Gasteiger partial charge is 0.361 e. The van der Waals surface area contributed by atoms with Crippen molar-refractivity contribution >= 4 is 37.6 Å². The van der Waals surface area contributed by atoms with Crippen LogP contribution in [0.25, 0.3) is 21.7 Å². The Bertz CT molecular complexity index is 1460. The third-order valence-electron chi connectivity index (χ3n) is 6.93. The number of hydrogen-bond donors (Lipinski definition) is 2. The molecule has 0 aliphatic carbocycles. The van der Waals surface area contributed by atoms with Gasteiger partial charge in [-0.2, -0.15) is 4.31 Å². The molecule has 1 aliphatic heterocycles. The fourth-order valence-electron chi connectivity index (χ4n) is 4.78. The first-order valence-corrected chi connectivity index (χ1v) is 13.4. The first-order valence-electron chi connectivity index (χ1n) is 12.0. The lowest BCUT2D eigenvalue weighted by Crippen LogP contribution is -2.55. The molecule has 35 heavy (non-hydrogen) atoms. The number of aromatic nitrogens is 1. The van der Waals surface area contributed by atoms with Gasteiger partial charge in [-0.15, -0.1) is 0 Å². The predicted octanol–water partition coefficient (Wildman–Crippen LogP) is 3.37. The fraction of sp³-hybridized carbons (Fsp3) is 0.296. The molecular formula is C27H30N4O3S. The molecule has 0 spiro atoms. The normalized spacial score (nSPS) is 16.5. The lowest BCUT2D eigenvalue weighted by atomic mass is 10.1. The number of nitrogens with one attached hydrogen (secondary N) is 2. The van der Waals surface area contributed by atoms with Crippen LogP contribution < -0.4 is 5.32 Å². The summed E-state index contributed by atoms with van der Waals surface area (Å²) >= 11 is 0. The van der Waals surface area contributed by atoms with E-state index in [9.17, 15) is 13.2 Å². The Morgan fingerprint density at radius 3 is 2.49 bits per heavy atom. The summed E-state index contributed by atoms with van der Waals surface area (Å²) in [6.07, 6.45) is 2.75. The molecule has 1 unspecified atom stereocenters. The predicted molar refractivity (Wildman–Crippen MR) is 139 cm³/mol. The van der Waals surface area contributed by atoms with Crippen LogP contribution in [0.5, 0.6) is 0 Å². The van der Waals surface area contributed by atoms with Crippen LogP contribution in [0.2, 0.25) is 0 Å². The van der Waals surface area contributed by atoms with Crippen molar-refractivity contribution in [2.75, 3.05) is 32.7 Å². The molecule has 1 saturated heterocycles. The Hall–Kier alpha value is -3.20. The van der Waals surface area contributed by atoms with Crippen molar-refractivity contribution in [1.82, 2.24) is 19.5 Å². The Kier molecular flexibility index (Phi) is 6.60. The summed E-state index contributed by atoms with van der Waals surface area (Å²) in [6, 6.07) is 20.8. The second kappa shape index (κ2) is 9.81. The minimum atomic E-state index is -3.58. The third kappa shape index (κ3) is 4.82. The van der Waals surface area contributed by atoms with Gasteiger partial charge in [0.2, 0.25) is 15.9 Å². The van der Waals surface area contributed by atoms with E-state index in [0.29, 0.717) is 37.6 Å². The molecule has 8 heteroatoms. The summed E-state index contributed by atoms with van der Waals surface area (Å²) in [6.45, 7) is 4.20. The Morgan fingerprint density at radius 2 is 1.69 bits per heavy atom. The maximum absolute atomic E-state index is 13.2. The molecule has 4 aromatic rings. The molecule has 1 atom stereocenters. The van der Waals surface area contributed by atoms with E-state index in [0.717, 1.165) is 22.7 Å². The molecule has 1 aliphatic rings. The third-order valence-corrected chi connectivity index (χ3v) is 8.82. The number of para-hydroxylation sites is 1. The lowest BCUT2D eigenvalue weighted by molar-refractivity contribution is -0.126. The van der Waals surface area contributed by atoms with Crippen LogP contribution in [0.4, 0.5) is 0 Å². The fourth-order valence-corrected chi connectivity index (χ4v) is 6.24. The average molecular weight is 491 g/mol. The molecule has 1 fully saturated rings. The minimum absolute atomic E-state index is 0.0318. The van der Waals surface area contributed by atoms with Crippen molar-refractivity contribution < 1.29 is 13.2 Å². The highest BCUT2D eigenvalue weighted by Gasteiger charge is 2.31. The first-order chi connectivity index (χ1) is 16.9. The quantitative estimate of drug-likeness (QED) is 0.416. The van der Waals surface area contributed by atoms with Crippen molar-refractivity contribution in [1.29, 1.82) is 0 Å². The van der Waals surface area contributed by atoms with Gasteiger partial charge in [0.1, 0.15) is 0 Å². The summed E-state index contributed by atoms with van der Waals surface area (Å²) < 4.78 is 28.0. The number of hydrogen-bond acceptors (Lipinski definition) is 4. The van der Waals surface area contributed by atoms with Crippen molar-refractivity contribution in [2.45, 2.75) is 24.3 Å². The second-order valence-electron chi connectivity index (χ2n) is 9.03. The SMILES string of the molecule is CC(C(=O)NCCc1c[nH]c2ccccc12)N1CCN(S(=O)(=O)c2ccc3ccccc3c2)CC1. The summed E-state index contributed by atoms with van der Waals surface area (Å²) in [5, 5.41) is 6.14. The molecule has 0 saturated carbocycles. The molecule has 1 aromatic heterocycles. The van der Waals surface area contributed by atoms with Crippen LogP contribution >= 0.6 is 0 Å². The maximum Gasteiger partial charge on any atom is 0.243 e. The number of benzene rings is 3. The highest BCUT2D eigenvalue weighted by atomic mass is 32.2. The van der Waals surface area contributed by atoms with Crippen LogP contribution in [-0.2, 0) is 21.2 Å².